The maximum atomic E-state index is 12.9. The van der Waals surface area contributed by atoms with Crippen LogP contribution in [-0.4, -0.2) is 37.2 Å². The average Bonchev–Trinajstić information content (AvgIpc) is 3.39. The molecule has 0 aliphatic rings. The molecule has 1 unspecified atom stereocenters. The fraction of sp³-hybridized carbons (Fsp3) is 0.836. The number of esters is 3. The fourth-order valence-corrected chi connectivity index (χ4v) is 9.41. The normalized spacial score (nSPS) is 12.3. The average molecular weight is 1020 g/mol. The van der Waals surface area contributed by atoms with E-state index in [1.54, 1.807) is 0 Å². The second-order valence-electron chi connectivity index (χ2n) is 21.7. The molecule has 0 rings (SSSR count). The van der Waals surface area contributed by atoms with Gasteiger partial charge in [-0.3, -0.25) is 14.4 Å². The molecule has 0 aromatic heterocycles. The first-order chi connectivity index (χ1) is 36.0. The summed E-state index contributed by atoms with van der Waals surface area (Å²) < 4.78 is 16.9. The van der Waals surface area contributed by atoms with Crippen LogP contribution >= 0.6 is 0 Å². The SMILES string of the molecule is CCCCCCC/C=C\C/C=C\CCCCCCCCCCCCCCCC(=O)OCC(COC(=O)CCCCCCC/C=C\CCCCCCCC)OC(=O)CCCCCCC/C=C\CCCCCCCC. The van der Waals surface area contributed by atoms with Crippen LogP contribution in [0.4, 0.5) is 0 Å². The van der Waals surface area contributed by atoms with Crippen molar-refractivity contribution >= 4 is 17.9 Å². The van der Waals surface area contributed by atoms with Crippen molar-refractivity contribution in [3.63, 3.8) is 0 Å². The smallest absolute Gasteiger partial charge is 0.306 e. The van der Waals surface area contributed by atoms with Gasteiger partial charge in [0.15, 0.2) is 6.10 Å². The van der Waals surface area contributed by atoms with E-state index in [1.165, 1.54) is 225 Å². The molecule has 0 aromatic rings. The van der Waals surface area contributed by atoms with Crippen molar-refractivity contribution in [2.45, 2.75) is 348 Å². The molecule has 0 saturated heterocycles. The zero-order valence-corrected chi connectivity index (χ0v) is 48.9. The first-order valence-corrected chi connectivity index (χ1v) is 32.1. The van der Waals surface area contributed by atoms with Crippen molar-refractivity contribution in [3.05, 3.63) is 48.6 Å². The van der Waals surface area contributed by atoms with E-state index in [9.17, 15) is 14.4 Å². The lowest BCUT2D eigenvalue weighted by molar-refractivity contribution is -0.167. The topological polar surface area (TPSA) is 78.9 Å². The zero-order chi connectivity index (χ0) is 52.9. The van der Waals surface area contributed by atoms with Gasteiger partial charge in [-0.1, -0.05) is 268 Å². The molecule has 6 heteroatoms. The van der Waals surface area contributed by atoms with E-state index in [4.69, 9.17) is 14.2 Å². The molecule has 0 amide bonds. The maximum absolute atomic E-state index is 12.9. The molecule has 0 radical (unpaired) electrons. The van der Waals surface area contributed by atoms with Crippen molar-refractivity contribution in [1.82, 2.24) is 0 Å². The lowest BCUT2D eigenvalue weighted by Crippen LogP contribution is -2.30. The van der Waals surface area contributed by atoms with Gasteiger partial charge in [-0.05, 0) is 103 Å². The third-order valence-electron chi connectivity index (χ3n) is 14.3. The largest absolute Gasteiger partial charge is 0.462 e. The number of hydrogen-bond acceptors (Lipinski definition) is 6. The molecule has 0 N–H and O–H groups in total. The van der Waals surface area contributed by atoms with E-state index < -0.39 is 6.10 Å². The van der Waals surface area contributed by atoms with Crippen LogP contribution in [0.25, 0.3) is 0 Å². The van der Waals surface area contributed by atoms with E-state index in [0.717, 1.165) is 77.0 Å². The third kappa shape index (κ3) is 60.1. The van der Waals surface area contributed by atoms with E-state index in [1.807, 2.05) is 0 Å². The highest BCUT2D eigenvalue weighted by Crippen LogP contribution is 2.16. The van der Waals surface area contributed by atoms with Crippen LogP contribution in [-0.2, 0) is 28.6 Å². The molecule has 6 nitrogen and oxygen atoms in total. The van der Waals surface area contributed by atoms with E-state index in [2.05, 4.69) is 69.4 Å². The van der Waals surface area contributed by atoms with Crippen molar-refractivity contribution < 1.29 is 28.6 Å². The third-order valence-corrected chi connectivity index (χ3v) is 14.3. The van der Waals surface area contributed by atoms with Crippen LogP contribution in [0.3, 0.4) is 0 Å². The number of carbonyl (C=O) groups excluding carboxylic acids is 3. The Hall–Kier alpha value is -2.63. The van der Waals surface area contributed by atoms with Gasteiger partial charge in [-0.15, -0.1) is 0 Å². The van der Waals surface area contributed by atoms with Crippen LogP contribution in [0.15, 0.2) is 48.6 Å². The number of allylic oxidation sites excluding steroid dienone is 8. The molecule has 0 saturated carbocycles. The van der Waals surface area contributed by atoms with E-state index in [-0.39, 0.29) is 31.1 Å². The van der Waals surface area contributed by atoms with Gasteiger partial charge in [0.1, 0.15) is 13.2 Å². The molecule has 0 bridgehead atoms. The summed E-state index contributed by atoms with van der Waals surface area (Å²) in [5, 5.41) is 0. The number of ether oxygens (including phenoxy) is 3. The van der Waals surface area contributed by atoms with Gasteiger partial charge in [-0.2, -0.15) is 0 Å². The number of unbranched alkanes of at least 4 members (excludes halogenated alkanes) is 40. The Kier molecular flexibility index (Phi) is 59.7. The van der Waals surface area contributed by atoms with Gasteiger partial charge >= 0.3 is 17.9 Å². The van der Waals surface area contributed by atoms with Gasteiger partial charge in [0.25, 0.3) is 0 Å². The molecule has 0 aliphatic carbocycles. The monoisotopic (exact) mass is 1020 g/mol. The minimum absolute atomic E-state index is 0.0770. The van der Waals surface area contributed by atoms with Crippen molar-refractivity contribution in [2.75, 3.05) is 13.2 Å². The molecule has 0 heterocycles. The molecule has 0 spiro atoms. The molecule has 0 aromatic carbocycles. The second kappa shape index (κ2) is 61.9. The van der Waals surface area contributed by atoms with Gasteiger partial charge in [0.05, 0.1) is 0 Å². The maximum Gasteiger partial charge on any atom is 0.306 e. The summed E-state index contributed by atoms with van der Waals surface area (Å²) in [5.41, 5.74) is 0. The van der Waals surface area contributed by atoms with Crippen LogP contribution < -0.4 is 0 Å². The fourth-order valence-electron chi connectivity index (χ4n) is 9.41. The molecule has 1 atom stereocenters. The Balaban J connectivity index is 4.28. The number of hydrogen-bond donors (Lipinski definition) is 0. The summed E-state index contributed by atoms with van der Waals surface area (Å²) in [6.07, 6.45) is 76.9. The van der Waals surface area contributed by atoms with Gasteiger partial charge in [-0.25, -0.2) is 0 Å². The minimum atomic E-state index is -0.780. The predicted molar refractivity (Wildman–Crippen MR) is 316 cm³/mol. The number of rotatable bonds is 59. The van der Waals surface area contributed by atoms with E-state index in [0.29, 0.717) is 19.3 Å². The minimum Gasteiger partial charge on any atom is -0.462 e. The van der Waals surface area contributed by atoms with Gasteiger partial charge in [0.2, 0.25) is 0 Å². The second-order valence-corrected chi connectivity index (χ2v) is 21.7. The van der Waals surface area contributed by atoms with Gasteiger partial charge in [0, 0.05) is 19.3 Å². The van der Waals surface area contributed by atoms with Crippen LogP contribution in [0.2, 0.25) is 0 Å². The van der Waals surface area contributed by atoms with Gasteiger partial charge < -0.3 is 14.2 Å². The Morgan fingerprint density at radius 3 is 0.767 bits per heavy atom. The molecular formula is C67H122O6. The molecular weight excluding hydrogens is 901 g/mol. The number of carbonyl (C=O) groups is 3. The Bertz CT molecular complexity index is 1270. The lowest BCUT2D eigenvalue weighted by atomic mass is 10.0. The highest BCUT2D eigenvalue weighted by Gasteiger charge is 2.19. The van der Waals surface area contributed by atoms with Crippen LogP contribution in [0.5, 0.6) is 0 Å². The molecule has 0 aliphatic heterocycles. The summed E-state index contributed by atoms with van der Waals surface area (Å²) in [5.74, 6) is -0.876. The summed E-state index contributed by atoms with van der Waals surface area (Å²) >= 11 is 0. The van der Waals surface area contributed by atoms with Crippen molar-refractivity contribution in [3.8, 4) is 0 Å². The lowest BCUT2D eigenvalue weighted by Gasteiger charge is -2.18. The van der Waals surface area contributed by atoms with Crippen LogP contribution in [0.1, 0.15) is 342 Å². The first kappa shape index (κ1) is 70.4. The summed E-state index contributed by atoms with van der Waals surface area (Å²) in [6.45, 7) is 6.65. The van der Waals surface area contributed by atoms with Crippen LogP contribution in [0, 0.1) is 0 Å². The molecule has 0 fully saturated rings. The first-order valence-electron chi connectivity index (χ1n) is 32.1. The Labute approximate surface area is 454 Å². The quantitative estimate of drug-likeness (QED) is 0.0261. The predicted octanol–water partition coefficient (Wildman–Crippen LogP) is 21.8. The molecule has 73 heavy (non-hydrogen) atoms. The molecule has 426 valence electrons. The zero-order valence-electron chi connectivity index (χ0n) is 48.9. The summed E-state index contributed by atoms with van der Waals surface area (Å²) in [7, 11) is 0. The van der Waals surface area contributed by atoms with Crippen molar-refractivity contribution in [2.24, 2.45) is 0 Å². The van der Waals surface area contributed by atoms with Crippen molar-refractivity contribution in [1.29, 1.82) is 0 Å². The Morgan fingerprint density at radius 2 is 0.493 bits per heavy atom. The van der Waals surface area contributed by atoms with E-state index >= 15 is 0 Å². The summed E-state index contributed by atoms with van der Waals surface area (Å²) in [4.78, 5) is 38.3. The standard InChI is InChI=1S/C67H122O6/c1-4-7-10-13-16-19-22-25-28-29-30-31-32-33-34-35-36-37-40-42-45-48-51-54-57-60-66(69)72-63-64(73-67(70)61-58-55-52-49-46-43-39-27-24-21-18-15-12-9-6-3)62-71-65(68)59-56-53-50-47-44-41-38-26-23-20-17-14-11-8-5-2/h22,25-27,29-30,38-39,64H,4-21,23-24,28,31-37,40-63H2,1-3H3/b25-22-,30-29-,38-26-,39-27-. The highest BCUT2D eigenvalue weighted by atomic mass is 16.6. The highest BCUT2D eigenvalue weighted by molar-refractivity contribution is 5.71. The Morgan fingerprint density at radius 1 is 0.274 bits per heavy atom. The summed E-state index contributed by atoms with van der Waals surface area (Å²) in [6, 6.07) is 0.